The lowest BCUT2D eigenvalue weighted by atomic mass is 10.2. The van der Waals surface area contributed by atoms with E-state index in [1.807, 2.05) is 0 Å². The normalized spacial score (nSPS) is 11.4. The molecule has 0 aliphatic heterocycles. The van der Waals surface area contributed by atoms with E-state index in [1.165, 1.54) is 14.2 Å². The van der Waals surface area contributed by atoms with Gasteiger partial charge in [-0.25, -0.2) is 0 Å². The Bertz CT molecular complexity index is 86.3. The topological polar surface area (TPSA) is 35.5 Å². The molecule has 0 heterocycles. The predicted molar refractivity (Wildman–Crippen MR) is 33.1 cm³/mol. The van der Waals surface area contributed by atoms with E-state index in [9.17, 15) is 4.79 Å². The molecule has 0 spiro atoms. The molecule has 0 aromatic carbocycles. The van der Waals surface area contributed by atoms with Crippen LogP contribution in [0.1, 0.15) is 13.3 Å². The highest BCUT2D eigenvalue weighted by molar-refractivity contribution is 5.50. The fraction of sp³-hybridized carbons (Fsp3) is 0.833. The number of ether oxygens (including phenoxy) is 2. The van der Waals surface area contributed by atoms with Crippen LogP contribution in [0.25, 0.3) is 0 Å². The summed E-state index contributed by atoms with van der Waals surface area (Å²) in [4.78, 5) is 9.98. The zero-order valence-electron chi connectivity index (χ0n) is 6.01. The second-order valence-electron chi connectivity index (χ2n) is 1.91. The van der Waals surface area contributed by atoms with E-state index in [4.69, 9.17) is 9.47 Å². The average molecular weight is 132 g/mol. The molecule has 0 N–H and O–H groups in total. The van der Waals surface area contributed by atoms with E-state index in [0.717, 1.165) is 6.29 Å². The molecule has 0 aliphatic rings. The van der Waals surface area contributed by atoms with Gasteiger partial charge in [0.15, 0.2) is 5.79 Å². The summed E-state index contributed by atoms with van der Waals surface area (Å²) in [5.41, 5.74) is 0. The van der Waals surface area contributed by atoms with Crippen LogP contribution in [-0.2, 0) is 14.3 Å². The van der Waals surface area contributed by atoms with Crippen LogP contribution in [0.5, 0.6) is 0 Å². The first kappa shape index (κ1) is 8.59. The van der Waals surface area contributed by atoms with Crippen LogP contribution in [0.3, 0.4) is 0 Å². The average Bonchev–Trinajstić information content (AvgIpc) is 1.89. The van der Waals surface area contributed by atoms with Gasteiger partial charge in [-0.2, -0.15) is 0 Å². The van der Waals surface area contributed by atoms with Gasteiger partial charge >= 0.3 is 0 Å². The number of carbonyl (C=O) groups excluding carboxylic acids is 1. The molecule has 0 bridgehead atoms. The first-order chi connectivity index (χ1) is 4.18. The van der Waals surface area contributed by atoms with Crippen molar-refractivity contribution >= 4 is 6.29 Å². The lowest BCUT2D eigenvalue weighted by molar-refractivity contribution is -0.194. The van der Waals surface area contributed by atoms with Crippen molar-refractivity contribution in [2.45, 2.75) is 19.1 Å². The Kier molecular flexibility index (Phi) is 3.42. The zero-order chi connectivity index (χ0) is 7.33. The molecule has 3 heteroatoms. The van der Waals surface area contributed by atoms with Crippen LogP contribution in [0.4, 0.5) is 0 Å². The summed E-state index contributed by atoms with van der Waals surface area (Å²) in [6.07, 6.45) is 1.03. The van der Waals surface area contributed by atoms with Gasteiger partial charge in [0, 0.05) is 14.2 Å². The van der Waals surface area contributed by atoms with Crippen LogP contribution in [0.15, 0.2) is 0 Å². The van der Waals surface area contributed by atoms with Gasteiger partial charge in [-0.1, -0.05) is 0 Å². The summed E-state index contributed by atoms with van der Waals surface area (Å²) in [5, 5.41) is 0. The van der Waals surface area contributed by atoms with Gasteiger partial charge in [0.05, 0.1) is 6.42 Å². The molecule has 0 saturated carbocycles. The van der Waals surface area contributed by atoms with Crippen LogP contribution in [-0.4, -0.2) is 26.3 Å². The molecule has 0 saturated heterocycles. The van der Waals surface area contributed by atoms with E-state index >= 15 is 0 Å². The van der Waals surface area contributed by atoms with Crippen molar-refractivity contribution in [3.05, 3.63) is 0 Å². The Labute approximate surface area is 55.0 Å². The van der Waals surface area contributed by atoms with Gasteiger partial charge in [0.1, 0.15) is 6.29 Å². The summed E-state index contributed by atoms with van der Waals surface area (Å²) in [5.74, 6) is -0.734. The molecule has 3 nitrogen and oxygen atoms in total. The van der Waals surface area contributed by atoms with Crippen molar-refractivity contribution in [1.82, 2.24) is 0 Å². The van der Waals surface area contributed by atoms with Crippen molar-refractivity contribution in [2.75, 3.05) is 14.2 Å². The minimum Gasteiger partial charge on any atom is -0.353 e. The Morgan fingerprint density at radius 2 is 1.89 bits per heavy atom. The van der Waals surface area contributed by atoms with Crippen LogP contribution < -0.4 is 0 Å². The van der Waals surface area contributed by atoms with E-state index in [2.05, 4.69) is 0 Å². The number of aldehydes is 1. The minimum atomic E-state index is -0.734. The Morgan fingerprint density at radius 3 is 2.00 bits per heavy atom. The molecule has 0 amide bonds. The number of methoxy groups -OCH3 is 2. The van der Waals surface area contributed by atoms with Crippen molar-refractivity contribution < 1.29 is 14.3 Å². The molecule has 9 heavy (non-hydrogen) atoms. The maximum absolute atomic E-state index is 9.98. The smallest absolute Gasteiger partial charge is 0.171 e. The molecule has 0 radical (unpaired) electrons. The summed E-state index contributed by atoms with van der Waals surface area (Å²) >= 11 is 0. The third-order valence-corrected chi connectivity index (χ3v) is 1.32. The Hall–Kier alpha value is -0.410. The minimum absolute atomic E-state index is 0.264. The number of hydrogen-bond donors (Lipinski definition) is 0. The standard InChI is InChI=1S/C6H12O3/c1-6(8-2,9-3)4-5-7/h5H,4H2,1-3H3. The molecule has 0 aromatic rings. The van der Waals surface area contributed by atoms with Gasteiger partial charge in [-0.05, 0) is 6.92 Å². The maximum Gasteiger partial charge on any atom is 0.171 e. The van der Waals surface area contributed by atoms with Crippen molar-refractivity contribution in [2.24, 2.45) is 0 Å². The Balaban J connectivity index is 3.75. The monoisotopic (exact) mass is 132 g/mol. The molecular weight excluding hydrogens is 120 g/mol. The van der Waals surface area contributed by atoms with E-state index in [0.29, 0.717) is 0 Å². The zero-order valence-corrected chi connectivity index (χ0v) is 6.01. The van der Waals surface area contributed by atoms with Crippen LogP contribution in [0.2, 0.25) is 0 Å². The second-order valence-corrected chi connectivity index (χ2v) is 1.91. The summed E-state index contributed by atoms with van der Waals surface area (Å²) in [7, 11) is 3.01. The van der Waals surface area contributed by atoms with Crippen LogP contribution in [0, 0.1) is 0 Å². The highest BCUT2D eigenvalue weighted by atomic mass is 16.7. The van der Waals surface area contributed by atoms with Crippen molar-refractivity contribution in [1.29, 1.82) is 0 Å². The van der Waals surface area contributed by atoms with Crippen molar-refractivity contribution in [3.8, 4) is 0 Å². The number of hydrogen-bond acceptors (Lipinski definition) is 3. The van der Waals surface area contributed by atoms with E-state index in [-0.39, 0.29) is 6.42 Å². The SMILES string of the molecule is COC(C)(CC=O)OC. The summed E-state index contributed by atoms with van der Waals surface area (Å²) in [6, 6.07) is 0. The van der Waals surface area contributed by atoms with Gasteiger partial charge in [0.2, 0.25) is 0 Å². The molecule has 0 unspecified atom stereocenters. The largest absolute Gasteiger partial charge is 0.353 e. The molecule has 0 fully saturated rings. The molecule has 0 atom stereocenters. The maximum atomic E-state index is 9.98. The molecule has 0 aliphatic carbocycles. The van der Waals surface area contributed by atoms with Gasteiger partial charge in [0.25, 0.3) is 0 Å². The third kappa shape index (κ3) is 2.58. The number of rotatable bonds is 4. The molecule has 0 rings (SSSR count). The van der Waals surface area contributed by atoms with Gasteiger partial charge in [-0.15, -0.1) is 0 Å². The molecular formula is C6H12O3. The lowest BCUT2D eigenvalue weighted by Crippen LogP contribution is -2.29. The first-order valence-electron chi connectivity index (χ1n) is 2.72. The lowest BCUT2D eigenvalue weighted by Gasteiger charge is -2.23. The summed E-state index contributed by atoms with van der Waals surface area (Å²) in [6.45, 7) is 1.71. The predicted octanol–water partition coefficient (Wildman–Crippen LogP) is 0.584. The molecule has 54 valence electrons. The quantitative estimate of drug-likeness (QED) is 0.414. The van der Waals surface area contributed by atoms with Gasteiger partial charge in [-0.3, -0.25) is 0 Å². The third-order valence-electron chi connectivity index (χ3n) is 1.32. The fourth-order valence-corrected chi connectivity index (χ4v) is 0.401. The Morgan fingerprint density at radius 1 is 1.44 bits per heavy atom. The fourth-order valence-electron chi connectivity index (χ4n) is 0.401. The van der Waals surface area contributed by atoms with Gasteiger partial charge < -0.3 is 14.3 Å². The second kappa shape index (κ2) is 3.58. The molecule has 0 aromatic heterocycles. The number of carbonyl (C=O) groups is 1. The van der Waals surface area contributed by atoms with Crippen LogP contribution >= 0.6 is 0 Å². The summed E-state index contributed by atoms with van der Waals surface area (Å²) < 4.78 is 9.75. The first-order valence-corrected chi connectivity index (χ1v) is 2.72. The van der Waals surface area contributed by atoms with Crippen molar-refractivity contribution in [3.63, 3.8) is 0 Å². The van der Waals surface area contributed by atoms with E-state index < -0.39 is 5.79 Å². The highest BCUT2D eigenvalue weighted by Gasteiger charge is 2.20. The van der Waals surface area contributed by atoms with E-state index in [1.54, 1.807) is 6.92 Å². The highest BCUT2D eigenvalue weighted by Crippen LogP contribution is 2.12.